The van der Waals surface area contributed by atoms with Crippen molar-refractivity contribution in [1.29, 1.82) is 0 Å². The van der Waals surface area contributed by atoms with Crippen LogP contribution in [0, 0.1) is 29.6 Å². The van der Waals surface area contributed by atoms with E-state index in [0.29, 0.717) is 0 Å². The van der Waals surface area contributed by atoms with Gasteiger partial charge in [0.25, 0.3) is 0 Å². The average Bonchev–Trinajstić information content (AvgIpc) is 2.78. The highest BCUT2D eigenvalue weighted by molar-refractivity contribution is 4.91. The van der Waals surface area contributed by atoms with Gasteiger partial charge in [0.2, 0.25) is 0 Å². The van der Waals surface area contributed by atoms with Crippen LogP contribution in [0.1, 0.15) is 53.9 Å². The van der Waals surface area contributed by atoms with Crippen molar-refractivity contribution in [3.63, 3.8) is 0 Å². The molecule has 1 fully saturated rings. The summed E-state index contributed by atoms with van der Waals surface area (Å²) in [6, 6.07) is 0. The number of rotatable bonds is 5. The predicted octanol–water partition coefficient (Wildman–Crippen LogP) is 4.35. The van der Waals surface area contributed by atoms with E-state index in [1.807, 2.05) is 0 Å². The summed E-state index contributed by atoms with van der Waals surface area (Å²) in [6.45, 7) is 11.9. The highest BCUT2D eigenvalue weighted by Gasteiger charge is 2.41. The second kappa shape index (κ2) is 4.48. The summed E-state index contributed by atoms with van der Waals surface area (Å²) >= 11 is 0. The molecule has 13 heavy (non-hydrogen) atoms. The molecule has 1 saturated carbocycles. The Morgan fingerprint density at radius 1 is 0.923 bits per heavy atom. The summed E-state index contributed by atoms with van der Waals surface area (Å²) in [6.07, 6.45) is 4.38. The Kier molecular flexibility index (Phi) is 3.82. The highest BCUT2D eigenvalue weighted by atomic mass is 14.5. The van der Waals surface area contributed by atoms with Crippen molar-refractivity contribution in [2.75, 3.05) is 0 Å². The molecule has 0 aromatic heterocycles. The summed E-state index contributed by atoms with van der Waals surface area (Å²) in [5.41, 5.74) is 0. The SMILES string of the molecule is CC(C)CCC(C)C1CC1C(C)C. The molecular formula is C13H26. The van der Waals surface area contributed by atoms with Crippen molar-refractivity contribution in [2.24, 2.45) is 29.6 Å². The Labute approximate surface area is 84.1 Å². The molecule has 0 aromatic rings. The van der Waals surface area contributed by atoms with E-state index < -0.39 is 0 Å². The normalized spacial score (nSPS) is 29.8. The van der Waals surface area contributed by atoms with Crippen LogP contribution in [-0.4, -0.2) is 0 Å². The van der Waals surface area contributed by atoms with Gasteiger partial charge in [-0.25, -0.2) is 0 Å². The van der Waals surface area contributed by atoms with Crippen molar-refractivity contribution < 1.29 is 0 Å². The summed E-state index contributed by atoms with van der Waals surface area (Å²) < 4.78 is 0. The molecule has 1 aliphatic rings. The van der Waals surface area contributed by atoms with E-state index in [9.17, 15) is 0 Å². The van der Waals surface area contributed by atoms with E-state index in [1.54, 1.807) is 0 Å². The van der Waals surface area contributed by atoms with Crippen molar-refractivity contribution in [3.8, 4) is 0 Å². The molecule has 0 radical (unpaired) electrons. The van der Waals surface area contributed by atoms with Crippen LogP contribution >= 0.6 is 0 Å². The monoisotopic (exact) mass is 182 g/mol. The van der Waals surface area contributed by atoms with Crippen molar-refractivity contribution in [3.05, 3.63) is 0 Å². The van der Waals surface area contributed by atoms with E-state index in [2.05, 4.69) is 34.6 Å². The Balaban J connectivity index is 2.16. The summed E-state index contributed by atoms with van der Waals surface area (Å²) in [4.78, 5) is 0. The summed E-state index contributed by atoms with van der Waals surface area (Å²) in [5, 5.41) is 0. The molecule has 0 amide bonds. The van der Waals surface area contributed by atoms with Gasteiger partial charge < -0.3 is 0 Å². The molecule has 0 bridgehead atoms. The number of hydrogen-bond acceptors (Lipinski definition) is 0. The quantitative estimate of drug-likeness (QED) is 0.593. The lowest BCUT2D eigenvalue weighted by molar-refractivity contribution is 0.372. The van der Waals surface area contributed by atoms with E-state index in [0.717, 1.165) is 29.6 Å². The van der Waals surface area contributed by atoms with Crippen LogP contribution in [0.3, 0.4) is 0 Å². The second-order valence-corrected chi connectivity index (χ2v) is 5.76. The lowest BCUT2D eigenvalue weighted by Crippen LogP contribution is -2.04. The molecule has 0 heteroatoms. The van der Waals surface area contributed by atoms with Gasteiger partial charge in [-0.05, 0) is 36.0 Å². The van der Waals surface area contributed by atoms with Gasteiger partial charge in [0.05, 0.1) is 0 Å². The molecule has 0 aliphatic heterocycles. The summed E-state index contributed by atoms with van der Waals surface area (Å²) in [5.74, 6) is 4.92. The van der Waals surface area contributed by atoms with Gasteiger partial charge in [-0.3, -0.25) is 0 Å². The maximum Gasteiger partial charge on any atom is -0.0355 e. The average molecular weight is 182 g/mol. The Hall–Kier alpha value is 0. The highest BCUT2D eigenvalue weighted by Crippen LogP contribution is 2.50. The molecule has 3 atom stereocenters. The first-order valence-corrected chi connectivity index (χ1v) is 6.02. The first-order chi connectivity index (χ1) is 6.02. The van der Waals surface area contributed by atoms with Crippen molar-refractivity contribution in [1.82, 2.24) is 0 Å². The fraction of sp³-hybridized carbons (Fsp3) is 1.00. The van der Waals surface area contributed by atoms with Gasteiger partial charge in [-0.1, -0.05) is 47.5 Å². The third-order valence-corrected chi connectivity index (χ3v) is 3.68. The van der Waals surface area contributed by atoms with Crippen molar-refractivity contribution in [2.45, 2.75) is 53.9 Å². The van der Waals surface area contributed by atoms with Crippen LogP contribution in [0.2, 0.25) is 0 Å². The van der Waals surface area contributed by atoms with Gasteiger partial charge in [0.1, 0.15) is 0 Å². The molecule has 3 unspecified atom stereocenters. The van der Waals surface area contributed by atoms with Crippen molar-refractivity contribution >= 4 is 0 Å². The van der Waals surface area contributed by atoms with Crippen LogP contribution in [0.4, 0.5) is 0 Å². The Bertz CT molecular complexity index is 146. The third-order valence-electron chi connectivity index (χ3n) is 3.68. The molecule has 0 spiro atoms. The molecule has 1 rings (SSSR count). The zero-order valence-electron chi connectivity index (χ0n) is 10.0. The lowest BCUT2D eigenvalue weighted by Gasteiger charge is -2.13. The van der Waals surface area contributed by atoms with Crippen LogP contribution in [-0.2, 0) is 0 Å². The number of hydrogen-bond donors (Lipinski definition) is 0. The minimum absolute atomic E-state index is 0.888. The van der Waals surface area contributed by atoms with Crippen LogP contribution < -0.4 is 0 Å². The molecule has 0 nitrogen and oxygen atoms in total. The van der Waals surface area contributed by atoms with Gasteiger partial charge in [0, 0.05) is 0 Å². The first kappa shape index (κ1) is 11.1. The fourth-order valence-corrected chi connectivity index (χ4v) is 2.47. The van der Waals surface area contributed by atoms with Gasteiger partial charge >= 0.3 is 0 Å². The first-order valence-electron chi connectivity index (χ1n) is 6.02. The Morgan fingerprint density at radius 3 is 1.92 bits per heavy atom. The van der Waals surface area contributed by atoms with E-state index in [4.69, 9.17) is 0 Å². The molecule has 1 aliphatic carbocycles. The largest absolute Gasteiger partial charge is 0.0628 e. The Morgan fingerprint density at radius 2 is 1.54 bits per heavy atom. The van der Waals surface area contributed by atoms with Gasteiger partial charge in [0.15, 0.2) is 0 Å². The standard InChI is InChI=1S/C13H26/c1-9(2)6-7-11(5)13-8-12(13)10(3)4/h9-13H,6-8H2,1-5H3. The van der Waals surface area contributed by atoms with Crippen LogP contribution in [0.15, 0.2) is 0 Å². The fourth-order valence-electron chi connectivity index (χ4n) is 2.47. The van der Waals surface area contributed by atoms with E-state index in [1.165, 1.54) is 19.3 Å². The second-order valence-electron chi connectivity index (χ2n) is 5.76. The summed E-state index contributed by atoms with van der Waals surface area (Å²) in [7, 11) is 0. The van der Waals surface area contributed by atoms with Gasteiger partial charge in [-0.2, -0.15) is 0 Å². The third kappa shape index (κ3) is 3.32. The maximum absolute atomic E-state index is 2.45. The molecule has 0 N–H and O–H groups in total. The molecule has 0 aromatic carbocycles. The molecule has 78 valence electrons. The van der Waals surface area contributed by atoms with Gasteiger partial charge in [-0.15, -0.1) is 0 Å². The minimum Gasteiger partial charge on any atom is -0.0628 e. The predicted molar refractivity (Wildman–Crippen MR) is 59.7 cm³/mol. The van der Waals surface area contributed by atoms with E-state index in [-0.39, 0.29) is 0 Å². The molecule has 0 saturated heterocycles. The molecular weight excluding hydrogens is 156 g/mol. The van der Waals surface area contributed by atoms with Crippen LogP contribution in [0.25, 0.3) is 0 Å². The topological polar surface area (TPSA) is 0 Å². The van der Waals surface area contributed by atoms with E-state index >= 15 is 0 Å². The zero-order chi connectivity index (χ0) is 10.0. The lowest BCUT2D eigenvalue weighted by atomic mass is 9.92. The maximum atomic E-state index is 2.45. The minimum atomic E-state index is 0.888. The zero-order valence-corrected chi connectivity index (χ0v) is 10.0. The van der Waals surface area contributed by atoms with Crippen LogP contribution in [0.5, 0.6) is 0 Å². The molecule has 0 heterocycles. The smallest absolute Gasteiger partial charge is 0.0355 e.